The Morgan fingerprint density at radius 1 is 0.870 bits per heavy atom. The van der Waals surface area contributed by atoms with Crippen molar-refractivity contribution in [2.24, 2.45) is 0 Å². The van der Waals surface area contributed by atoms with Crippen molar-refractivity contribution in [1.29, 1.82) is 0 Å². The van der Waals surface area contributed by atoms with Crippen LogP contribution in [0.2, 0.25) is 0 Å². The van der Waals surface area contributed by atoms with E-state index in [-0.39, 0.29) is 6.42 Å². The van der Waals surface area contributed by atoms with E-state index < -0.39 is 47.7 Å². The van der Waals surface area contributed by atoms with Gasteiger partial charge in [-0.1, -0.05) is 0 Å². The summed E-state index contributed by atoms with van der Waals surface area (Å²) in [7, 11) is 0. The summed E-state index contributed by atoms with van der Waals surface area (Å²) >= 11 is 0. The van der Waals surface area contributed by atoms with Crippen LogP contribution in [-0.4, -0.2) is 68.0 Å². The number of amides is 2. The smallest absolute Gasteiger partial charge is 0.420 e. The standard InChI is InChI=1S/C15H27NO7/c1-14(2,3)22-12(20)16(13(21)23-15(4,5)6)8-7-9(17)11(19)10(8)18/h8-11,17-19H,7H2,1-6H3/t8-,9-,10-,11+/m0/s1. The van der Waals surface area contributed by atoms with Crippen LogP contribution < -0.4 is 0 Å². The van der Waals surface area contributed by atoms with Gasteiger partial charge in [0.25, 0.3) is 0 Å². The van der Waals surface area contributed by atoms with Gasteiger partial charge in [0.1, 0.15) is 23.4 Å². The SMILES string of the molecule is CC(C)(C)OC(=O)N(C(=O)OC(C)(C)C)[C@H]1C[C@H](O)[C@@H](O)[C@H]1O. The number of aliphatic hydroxyl groups excluding tert-OH is 3. The second kappa shape index (κ2) is 6.62. The van der Waals surface area contributed by atoms with Gasteiger partial charge in [-0.2, -0.15) is 0 Å². The second-order valence-corrected chi connectivity index (χ2v) is 7.68. The predicted molar refractivity (Wildman–Crippen MR) is 80.7 cm³/mol. The van der Waals surface area contributed by atoms with Gasteiger partial charge in [-0.25, -0.2) is 14.5 Å². The van der Waals surface area contributed by atoms with Crippen molar-refractivity contribution in [3.8, 4) is 0 Å². The van der Waals surface area contributed by atoms with Crippen molar-refractivity contribution in [2.45, 2.75) is 83.5 Å². The van der Waals surface area contributed by atoms with Crippen molar-refractivity contribution in [2.75, 3.05) is 0 Å². The zero-order chi connectivity index (χ0) is 18.2. The molecular weight excluding hydrogens is 306 g/mol. The summed E-state index contributed by atoms with van der Waals surface area (Å²) in [6.07, 6.45) is -6.35. The molecule has 1 fully saturated rings. The molecular formula is C15H27NO7. The quantitative estimate of drug-likeness (QED) is 0.655. The molecule has 23 heavy (non-hydrogen) atoms. The van der Waals surface area contributed by atoms with E-state index in [1.54, 1.807) is 41.5 Å². The summed E-state index contributed by atoms with van der Waals surface area (Å²) in [5, 5.41) is 29.4. The third kappa shape index (κ3) is 5.33. The number of carbonyl (C=O) groups is 2. The van der Waals surface area contributed by atoms with Crippen molar-refractivity contribution >= 4 is 12.2 Å². The monoisotopic (exact) mass is 333 g/mol. The Balaban J connectivity index is 3.07. The highest BCUT2D eigenvalue weighted by Gasteiger charge is 2.49. The van der Waals surface area contributed by atoms with Crippen LogP contribution in [0.4, 0.5) is 9.59 Å². The topological polar surface area (TPSA) is 117 Å². The first-order chi connectivity index (χ1) is 10.2. The first-order valence-electron chi connectivity index (χ1n) is 7.52. The van der Waals surface area contributed by atoms with Crippen molar-refractivity contribution < 1.29 is 34.4 Å². The number of hydrogen-bond acceptors (Lipinski definition) is 7. The van der Waals surface area contributed by atoms with Crippen LogP contribution in [-0.2, 0) is 9.47 Å². The molecule has 0 aliphatic heterocycles. The molecule has 8 nitrogen and oxygen atoms in total. The Kier molecular flexibility index (Phi) is 5.66. The number of rotatable bonds is 1. The van der Waals surface area contributed by atoms with Crippen LogP contribution >= 0.6 is 0 Å². The Labute approximate surface area is 136 Å². The van der Waals surface area contributed by atoms with Crippen LogP contribution in [0.5, 0.6) is 0 Å². The molecule has 0 aromatic carbocycles. The Morgan fingerprint density at radius 2 is 1.26 bits per heavy atom. The lowest BCUT2D eigenvalue weighted by molar-refractivity contribution is -0.0433. The largest absolute Gasteiger partial charge is 0.443 e. The highest BCUT2D eigenvalue weighted by atomic mass is 16.6. The second-order valence-electron chi connectivity index (χ2n) is 7.68. The molecule has 0 aromatic rings. The van der Waals surface area contributed by atoms with E-state index in [0.29, 0.717) is 4.90 Å². The Morgan fingerprint density at radius 3 is 1.52 bits per heavy atom. The van der Waals surface area contributed by atoms with Crippen LogP contribution in [0.3, 0.4) is 0 Å². The molecule has 8 heteroatoms. The van der Waals surface area contributed by atoms with Gasteiger partial charge in [0.15, 0.2) is 0 Å². The molecule has 0 aromatic heterocycles. The van der Waals surface area contributed by atoms with Crippen molar-refractivity contribution in [3.63, 3.8) is 0 Å². The fourth-order valence-electron chi connectivity index (χ4n) is 2.21. The first-order valence-corrected chi connectivity index (χ1v) is 7.52. The number of carbonyl (C=O) groups excluding carboxylic acids is 2. The van der Waals surface area contributed by atoms with Crippen molar-refractivity contribution in [1.82, 2.24) is 4.90 Å². The van der Waals surface area contributed by atoms with E-state index >= 15 is 0 Å². The van der Waals surface area contributed by atoms with E-state index in [2.05, 4.69) is 0 Å². The number of aliphatic hydroxyl groups is 3. The van der Waals surface area contributed by atoms with E-state index in [1.165, 1.54) is 0 Å². The molecule has 0 unspecified atom stereocenters. The van der Waals surface area contributed by atoms with Gasteiger partial charge in [-0.3, -0.25) is 0 Å². The van der Waals surface area contributed by atoms with Crippen LogP contribution in [0.1, 0.15) is 48.0 Å². The third-order valence-corrected chi connectivity index (χ3v) is 3.13. The fraction of sp³-hybridized carbons (Fsp3) is 0.867. The van der Waals surface area contributed by atoms with E-state index in [9.17, 15) is 24.9 Å². The highest BCUT2D eigenvalue weighted by molar-refractivity contribution is 5.88. The normalized spacial score (nSPS) is 28.4. The minimum atomic E-state index is -1.48. The molecule has 0 spiro atoms. The fourth-order valence-corrected chi connectivity index (χ4v) is 2.21. The molecule has 0 bridgehead atoms. The molecule has 134 valence electrons. The number of ether oxygens (including phenoxy) is 2. The lowest BCUT2D eigenvalue weighted by Gasteiger charge is -2.33. The average molecular weight is 333 g/mol. The summed E-state index contributed by atoms with van der Waals surface area (Å²) in [5.74, 6) is 0. The molecule has 1 aliphatic rings. The van der Waals surface area contributed by atoms with E-state index in [0.717, 1.165) is 0 Å². The molecule has 0 radical (unpaired) electrons. The highest BCUT2D eigenvalue weighted by Crippen LogP contribution is 2.28. The maximum atomic E-state index is 12.4. The molecule has 0 heterocycles. The molecule has 4 atom stereocenters. The van der Waals surface area contributed by atoms with Crippen LogP contribution in [0, 0.1) is 0 Å². The van der Waals surface area contributed by atoms with Gasteiger partial charge in [0.05, 0.1) is 12.1 Å². The Bertz CT molecular complexity index is 424. The lowest BCUT2D eigenvalue weighted by atomic mass is 10.1. The van der Waals surface area contributed by atoms with Crippen molar-refractivity contribution in [3.05, 3.63) is 0 Å². The van der Waals surface area contributed by atoms with E-state index in [1.807, 2.05) is 0 Å². The predicted octanol–water partition coefficient (Wildman–Crippen LogP) is 1.01. The minimum absolute atomic E-state index is 0.166. The zero-order valence-electron chi connectivity index (χ0n) is 14.4. The first kappa shape index (κ1) is 19.7. The van der Waals surface area contributed by atoms with Gasteiger partial charge in [0, 0.05) is 0 Å². The summed E-state index contributed by atoms with van der Waals surface area (Å²) < 4.78 is 10.4. The van der Waals surface area contributed by atoms with E-state index in [4.69, 9.17) is 9.47 Å². The summed E-state index contributed by atoms with van der Waals surface area (Å²) in [6.45, 7) is 9.79. The number of nitrogens with zero attached hydrogens (tertiary/aromatic N) is 1. The molecule has 3 N–H and O–H groups in total. The zero-order valence-corrected chi connectivity index (χ0v) is 14.4. The van der Waals surface area contributed by atoms with Gasteiger partial charge in [-0.05, 0) is 48.0 Å². The number of imide groups is 1. The summed E-state index contributed by atoms with van der Waals surface area (Å²) in [6, 6.07) is -1.13. The van der Waals surface area contributed by atoms with Crippen LogP contribution in [0.15, 0.2) is 0 Å². The molecule has 0 saturated heterocycles. The van der Waals surface area contributed by atoms with Crippen LogP contribution in [0.25, 0.3) is 0 Å². The molecule has 1 saturated carbocycles. The maximum Gasteiger partial charge on any atom is 0.420 e. The molecule has 1 aliphatic carbocycles. The van der Waals surface area contributed by atoms with Gasteiger partial charge >= 0.3 is 12.2 Å². The van der Waals surface area contributed by atoms with Gasteiger partial charge in [0.2, 0.25) is 0 Å². The third-order valence-electron chi connectivity index (χ3n) is 3.13. The van der Waals surface area contributed by atoms with Gasteiger partial charge in [-0.15, -0.1) is 0 Å². The Hall–Kier alpha value is -1.38. The minimum Gasteiger partial charge on any atom is -0.443 e. The summed E-state index contributed by atoms with van der Waals surface area (Å²) in [4.78, 5) is 25.3. The lowest BCUT2D eigenvalue weighted by Crippen LogP contribution is -2.52. The average Bonchev–Trinajstić information content (AvgIpc) is 2.53. The molecule has 2 amide bonds. The summed E-state index contributed by atoms with van der Waals surface area (Å²) in [5.41, 5.74) is -1.73. The van der Waals surface area contributed by atoms with Gasteiger partial charge < -0.3 is 24.8 Å². The maximum absolute atomic E-state index is 12.4. The molecule has 1 rings (SSSR count). The number of hydrogen-bond donors (Lipinski definition) is 3.